The van der Waals surface area contributed by atoms with Crippen LogP contribution in [0.1, 0.15) is 11.1 Å². The van der Waals surface area contributed by atoms with Crippen molar-refractivity contribution >= 4 is 11.6 Å². The molecule has 1 aromatic heterocycles. The first-order valence-electron chi connectivity index (χ1n) is 9.22. The lowest BCUT2D eigenvalue weighted by atomic mass is 10.1. The smallest absolute Gasteiger partial charge is 0.279 e. The van der Waals surface area contributed by atoms with Crippen LogP contribution in [-0.4, -0.2) is 41.4 Å². The number of nitrogens with zero attached hydrogens (tertiary/aromatic N) is 4. The minimum atomic E-state index is -0.205. The summed E-state index contributed by atoms with van der Waals surface area (Å²) in [5.74, 6) is 0.542. The van der Waals surface area contributed by atoms with Crippen LogP contribution in [0.5, 0.6) is 0 Å². The zero-order valence-corrected chi connectivity index (χ0v) is 15.6. The molecule has 6 nitrogen and oxygen atoms in total. The molecule has 0 spiro atoms. The first-order chi connectivity index (χ1) is 13.1. The summed E-state index contributed by atoms with van der Waals surface area (Å²) in [5.41, 5.74) is 4.84. The zero-order chi connectivity index (χ0) is 18.8. The average molecular weight is 361 g/mol. The molecule has 27 heavy (non-hydrogen) atoms. The van der Waals surface area contributed by atoms with Gasteiger partial charge in [0, 0.05) is 37.4 Å². The number of anilines is 2. The Bertz CT molecular complexity index is 991. The van der Waals surface area contributed by atoms with Crippen molar-refractivity contribution < 1.29 is 0 Å². The number of benzene rings is 2. The normalized spacial score (nSPS) is 14.4. The molecule has 2 heterocycles. The van der Waals surface area contributed by atoms with Gasteiger partial charge in [-0.1, -0.05) is 42.5 Å². The van der Waals surface area contributed by atoms with Crippen LogP contribution in [0.3, 0.4) is 0 Å². The molecule has 0 bridgehead atoms. The summed E-state index contributed by atoms with van der Waals surface area (Å²) in [7, 11) is 0. The SMILES string of the molecule is Cc1cccc(N2CCN(c3nnc(-c4ccccc4)c(=O)[nH]3)CC2)c1C. The van der Waals surface area contributed by atoms with Crippen molar-refractivity contribution in [2.45, 2.75) is 13.8 Å². The van der Waals surface area contributed by atoms with Gasteiger partial charge in [0.05, 0.1) is 0 Å². The fourth-order valence-corrected chi connectivity index (χ4v) is 3.49. The van der Waals surface area contributed by atoms with E-state index >= 15 is 0 Å². The van der Waals surface area contributed by atoms with E-state index in [4.69, 9.17) is 0 Å². The van der Waals surface area contributed by atoms with Gasteiger partial charge in [-0.15, -0.1) is 10.2 Å². The number of H-pyrrole nitrogens is 1. The molecule has 6 heteroatoms. The maximum absolute atomic E-state index is 12.5. The summed E-state index contributed by atoms with van der Waals surface area (Å²) in [5, 5.41) is 8.45. The Morgan fingerprint density at radius 2 is 1.56 bits per heavy atom. The number of rotatable bonds is 3. The number of hydrogen-bond acceptors (Lipinski definition) is 5. The maximum atomic E-state index is 12.5. The molecule has 1 saturated heterocycles. The van der Waals surface area contributed by atoms with E-state index in [0.717, 1.165) is 31.7 Å². The second kappa shape index (κ2) is 7.23. The van der Waals surface area contributed by atoms with Crippen LogP contribution < -0.4 is 15.4 Å². The summed E-state index contributed by atoms with van der Waals surface area (Å²) < 4.78 is 0. The molecule has 1 N–H and O–H groups in total. The van der Waals surface area contributed by atoms with Crippen LogP contribution in [0.15, 0.2) is 53.3 Å². The van der Waals surface area contributed by atoms with Crippen molar-refractivity contribution in [2.24, 2.45) is 0 Å². The number of aryl methyl sites for hydroxylation is 1. The predicted octanol–water partition coefficient (Wildman–Crippen LogP) is 2.78. The molecule has 1 fully saturated rings. The Labute approximate surface area is 158 Å². The van der Waals surface area contributed by atoms with E-state index in [-0.39, 0.29) is 5.56 Å². The molecule has 1 aliphatic rings. The highest BCUT2D eigenvalue weighted by atomic mass is 16.1. The summed E-state index contributed by atoms with van der Waals surface area (Å²) in [6, 6.07) is 15.8. The van der Waals surface area contributed by atoms with Crippen molar-refractivity contribution in [3.63, 3.8) is 0 Å². The molecule has 138 valence electrons. The molecule has 0 saturated carbocycles. The molecule has 0 atom stereocenters. The number of aromatic amines is 1. The molecule has 0 unspecified atom stereocenters. The van der Waals surface area contributed by atoms with Crippen molar-refractivity contribution in [2.75, 3.05) is 36.0 Å². The van der Waals surface area contributed by atoms with Gasteiger partial charge in [-0.05, 0) is 31.0 Å². The van der Waals surface area contributed by atoms with Gasteiger partial charge < -0.3 is 9.80 Å². The van der Waals surface area contributed by atoms with Gasteiger partial charge >= 0.3 is 0 Å². The van der Waals surface area contributed by atoms with Crippen molar-refractivity contribution in [3.05, 3.63) is 70.0 Å². The van der Waals surface area contributed by atoms with Crippen molar-refractivity contribution in [3.8, 4) is 11.3 Å². The molecule has 0 amide bonds. The highest BCUT2D eigenvalue weighted by molar-refractivity contribution is 5.58. The van der Waals surface area contributed by atoms with Crippen molar-refractivity contribution in [1.82, 2.24) is 15.2 Å². The van der Waals surface area contributed by atoms with Gasteiger partial charge in [0.1, 0.15) is 0 Å². The Kier molecular flexibility index (Phi) is 4.62. The van der Waals surface area contributed by atoms with Gasteiger partial charge in [0.25, 0.3) is 5.56 Å². The van der Waals surface area contributed by atoms with Gasteiger partial charge in [-0.2, -0.15) is 0 Å². The summed E-state index contributed by atoms with van der Waals surface area (Å²) in [6.07, 6.45) is 0. The van der Waals surface area contributed by atoms with E-state index in [1.165, 1.54) is 16.8 Å². The Morgan fingerprint density at radius 1 is 0.852 bits per heavy atom. The Hall–Kier alpha value is -3.15. The van der Waals surface area contributed by atoms with Crippen LogP contribution in [-0.2, 0) is 0 Å². The fraction of sp³-hybridized carbons (Fsp3) is 0.286. The first-order valence-corrected chi connectivity index (χ1v) is 9.22. The minimum absolute atomic E-state index is 0.205. The topological polar surface area (TPSA) is 65.1 Å². The van der Waals surface area contributed by atoms with Gasteiger partial charge in [0.2, 0.25) is 5.95 Å². The van der Waals surface area contributed by atoms with Crippen molar-refractivity contribution in [1.29, 1.82) is 0 Å². The van der Waals surface area contributed by atoms with E-state index in [1.54, 1.807) is 0 Å². The number of hydrogen-bond donors (Lipinski definition) is 1. The third-order valence-electron chi connectivity index (χ3n) is 5.23. The first kappa shape index (κ1) is 17.3. The van der Waals surface area contributed by atoms with Crippen LogP contribution in [0.25, 0.3) is 11.3 Å². The average Bonchev–Trinajstić information content (AvgIpc) is 2.71. The highest BCUT2D eigenvalue weighted by Crippen LogP contribution is 2.24. The Balaban J connectivity index is 1.49. The van der Waals surface area contributed by atoms with E-state index < -0.39 is 0 Å². The summed E-state index contributed by atoms with van der Waals surface area (Å²) >= 11 is 0. The molecule has 0 radical (unpaired) electrons. The quantitative estimate of drug-likeness (QED) is 0.777. The third kappa shape index (κ3) is 3.43. The number of nitrogens with one attached hydrogen (secondary N) is 1. The number of piperazine rings is 1. The monoisotopic (exact) mass is 361 g/mol. The molecule has 3 aromatic rings. The molecule has 1 aliphatic heterocycles. The molecule has 2 aromatic carbocycles. The van der Waals surface area contributed by atoms with E-state index in [1.807, 2.05) is 30.3 Å². The second-order valence-corrected chi connectivity index (χ2v) is 6.89. The van der Waals surface area contributed by atoms with Crippen LogP contribution in [0, 0.1) is 13.8 Å². The molecular weight excluding hydrogens is 338 g/mol. The van der Waals surface area contributed by atoms with Crippen LogP contribution >= 0.6 is 0 Å². The lowest BCUT2D eigenvalue weighted by Gasteiger charge is -2.37. The standard InChI is InChI=1S/C21H23N5O/c1-15-7-6-10-18(16(15)2)25-11-13-26(14-12-25)21-22-20(27)19(23-24-21)17-8-4-3-5-9-17/h3-10H,11-14H2,1-2H3,(H,22,24,27). The molecular formula is C21H23N5O. The summed E-state index contributed by atoms with van der Waals surface area (Å²) in [4.78, 5) is 19.8. The van der Waals surface area contributed by atoms with Crippen LogP contribution in [0.4, 0.5) is 11.6 Å². The lowest BCUT2D eigenvalue weighted by Crippen LogP contribution is -2.47. The van der Waals surface area contributed by atoms with E-state index in [9.17, 15) is 4.79 Å². The highest BCUT2D eigenvalue weighted by Gasteiger charge is 2.21. The third-order valence-corrected chi connectivity index (χ3v) is 5.23. The van der Waals surface area contributed by atoms with E-state index in [0.29, 0.717) is 11.6 Å². The predicted molar refractivity (Wildman–Crippen MR) is 108 cm³/mol. The van der Waals surface area contributed by atoms with Crippen LogP contribution in [0.2, 0.25) is 0 Å². The lowest BCUT2D eigenvalue weighted by molar-refractivity contribution is 0.632. The van der Waals surface area contributed by atoms with E-state index in [2.05, 4.69) is 57.0 Å². The Morgan fingerprint density at radius 3 is 2.26 bits per heavy atom. The number of aromatic nitrogens is 3. The largest absolute Gasteiger partial charge is 0.368 e. The maximum Gasteiger partial charge on any atom is 0.279 e. The fourth-order valence-electron chi connectivity index (χ4n) is 3.49. The van der Waals surface area contributed by atoms with Gasteiger partial charge in [-0.3, -0.25) is 9.78 Å². The minimum Gasteiger partial charge on any atom is -0.368 e. The molecule has 4 rings (SSSR count). The zero-order valence-electron chi connectivity index (χ0n) is 15.6. The summed E-state index contributed by atoms with van der Waals surface area (Å²) in [6.45, 7) is 7.67. The second-order valence-electron chi connectivity index (χ2n) is 6.89. The molecule has 0 aliphatic carbocycles. The van der Waals surface area contributed by atoms with Gasteiger partial charge in [-0.25, -0.2) is 0 Å². The van der Waals surface area contributed by atoms with Gasteiger partial charge in [0.15, 0.2) is 5.69 Å².